The molecule has 7 unspecified atom stereocenters. The molecule has 1 rings (SSSR count). The average molecular weight is 960 g/mol. The maximum atomic E-state index is 13.0. The summed E-state index contributed by atoms with van der Waals surface area (Å²) in [7, 11) is 0. The van der Waals surface area contributed by atoms with Crippen molar-refractivity contribution in [2.45, 2.75) is 269 Å². The van der Waals surface area contributed by atoms with Crippen LogP contribution in [-0.2, 0) is 23.8 Å². The predicted octanol–water partition coefficient (Wildman–Crippen LogP) is 11.9. The van der Waals surface area contributed by atoms with E-state index in [2.05, 4.69) is 67.8 Å². The summed E-state index contributed by atoms with van der Waals surface area (Å²) in [6.07, 6.45) is 48.9. The molecule has 0 aromatic rings. The Hall–Kier alpha value is -2.64. The topological polar surface area (TPSA) is 175 Å². The summed E-state index contributed by atoms with van der Waals surface area (Å²) in [5, 5.41) is 54.1. The monoisotopic (exact) mass is 960 g/mol. The molecule has 1 fully saturated rings. The van der Waals surface area contributed by atoms with Crippen LogP contribution in [0.2, 0.25) is 0 Å². The van der Waals surface area contributed by atoms with Gasteiger partial charge in [-0.15, -0.1) is 0 Å². The molecular weight excluding hydrogens is 859 g/mol. The Kier molecular flexibility index (Phi) is 43.5. The van der Waals surface area contributed by atoms with Gasteiger partial charge < -0.3 is 45.1 Å². The third kappa shape index (κ3) is 36.3. The number of rotatable bonds is 46. The Bertz CT molecular complexity index is 1310. The third-order valence-corrected chi connectivity index (χ3v) is 12.6. The van der Waals surface area contributed by atoms with E-state index in [4.69, 9.17) is 14.2 Å². The maximum Gasteiger partial charge on any atom is 0.305 e. The minimum absolute atomic E-state index is 0.0307. The Labute approximate surface area is 414 Å². The van der Waals surface area contributed by atoms with Crippen LogP contribution in [-0.4, -0.2) is 100 Å². The van der Waals surface area contributed by atoms with Gasteiger partial charge >= 0.3 is 5.97 Å². The van der Waals surface area contributed by atoms with Gasteiger partial charge in [0.15, 0.2) is 6.29 Å². The van der Waals surface area contributed by atoms with Crippen molar-refractivity contribution in [2.75, 3.05) is 19.8 Å². The van der Waals surface area contributed by atoms with E-state index in [1.54, 1.807) is 6.08 Å². The first-order valence-corrected chi connectivity index (χ1v) is 27.6. The molecule has 68 heavy (non-hydrogen) atoms. The summed E-state index contributed by atoms with van der Waals surface area (Å²) in [4.78, 5) is 25.0. The van der Waals surface area contributed by atoms with Crippen LogP contribution in [0, 0.1) is 0 Å². The molecule has 0 aliphatic carbocycles. The van der Waals surface area contributed by atoms with Crippen molar-refractivity contribution < 1.29 is 49.3 Å². The summed E-state index contributed by atoms with van der Waals surface area (Å²) in [6, 6.07) is -0.842. The van der Waals surface area contributed by atoms with Crippen LogP contribution in [0.5, 0.6) is 0 Å². The summed E-state index contributed by atoms with van der Waals surface area (Å²) < 4.78 is 16.6. The summed E-state index contributed by atoms with van der Waals surface area (Å²) in [5.41, 5.74) is 0. The number of allylic oxidation sites excluding steroid dienone is 9. The lowest BCUT2D eigenvalue weighted by atomic mass is 9.99. The molecule has 1 amide bonds. The quantitative estimate of drug-likeness (QED) is 0.0149. The van der Waals surface area contributed by atoms with Crippen molar-refractivity contribution in [3.8, 4) is 0 Å². The van der Waals surface area contributed by atoms with E-state index in [0.29, 0.717) is 25.9 Å². The van der Waals surface area contributed by atoms with E-state index in [1.165, 1.54) is 96.3 Å². The number of hydrogen-bond acceptors (Lipinski definition) is 10. The molecule has 7 atom stereocenters. The van der Waals surface area contributed by atoms with Crippen LogP contribution >= 0.6 is 0 Å². The molecule has 0 aromatic heterocycles. The van der Waals surface area contributed by atoms with Gasteiger partial charge in [-0.2, -0.15) is 0 Å². The summed E-state index contributed by atoms with van der Waals surface area (Å²) >= 11 is 0. The minimum Gasteiger partial charge on any atom is -0.466 e. The second-order valence-corrected chi connectivity index (χ2v) is 18.9. The van der Waals surface area contributed by atoms with Gasteiger partial charge in [-0.1, -0.05) is 190 Å². The molecule has 1 heterocycles. The molecule has 0 bridgehead atoms. The second kappa shape index (κ2) is 46.7. The SMILES string of the molecule is CC/C=C/CC/C=C/CC/C=C/C(O)C(COC1OC(CO)C(O)C(O)C1O)NC(=O)CCCCCCCCCCCC/C=C\C=C/CCCCCOC(=O)CCCCCCCCCCCCC. The van der Waals surface area contributed by atoms with Gasteiger partial charge in [-0.05, 0) is 83.5 Å². The lowest BCUT2D eigenvalue weighted by Gasteiger charge is -2.40. The van der Waals surface area contributed by atoms with Crippen LogP contribution in [0.3, 0.4) is 0 Å². The Balaban J connectivity index is 2.12. The number of ether oxygens (including phenoxy) is 3. The van der Waals surface area contributed by atoms with E-state index in [0.717, 1.165) is 96.3 Å². The highest BCUT2D eigenvalue weighted by Crippen LogP contribution is 2.23. The molecule has 0 spiro atoms. The molecular formula is C57H101NO10. The van der Waals surface area contributed by atoms with Crippen LogP contribution < -0.4 is 5.32 Å². The number of amides is 1. The van der Waals surface area contributed by atoms with Gasteiger partial charge in [0.05, 0.1) is 32.0 Å². The number of carbonyl (C=O) groups is 2. The highest BCUT2D eigenvalue weighted by Gasteiger charge is 2.44. The number of esters is 1. The van der Waals surface area contributed by atoms with E-state index in [-0.39, 0.29) is 18.5 Å². The smallest absolute Gasteiger partial charge is 0.305 e. The fourth-order valence-electron chi connectivity index (χ4n) is 8.23. The van der Waals surface area contributed by atoms with Crippen molar-refractivity contribution in [2.24, 2.45) is 0 Å². The molecule has 0 aromatic carbocycles. The van der Waals surface area contributed by atoms with E-state index in [9.17, 15) is 35.1 Å². The average Bonchev–Trinajstić information content (AvgIpc) is 3.33. The molecule has 0 saturated carbocycles. The third-order valence-electron chi connectivity index (χ3n) is 12.6. The molecule has 394 valence electrons. The molecule has 1 saturated heterocycles. The Morgan fingerprint density at radius 2 is 1.04 bits per heavy atom. The first-order valence-electron chi connectivity index (χ1n) is 27.6. The minimum atomic E-state index is -1.58. The Morgan fingerprint density at radius 1 is 0.559 bits per heavy atom. The second-order valence-electron chi connectivity index (χ2n) is 18.9. The lowest BCUT2D eigenvalue weighted by Crippen LogP contribution is -2.60. The fourth-order valence-corrected chi connectivity index (χ4v) is 8.23. The van der Waals surface area contributed by atoms with E-state index in [1.807, 2.05) is 6.08 Å². The number of unbranched alkanes of at least 4 members (excludes halogenated alkanes) is 25. The largest absolute Gasteiger partial charge is 0.466 e. The van der Waals surface area contributed by atoms with Crippen LogP contribution in [0.1, 0.15) is 226 Å². The highest BCUT2D eigenvalue weighted by atomic mass is 16.7. The zero-order valence-corrected chi connectivity index (χ0v) is 43.0. The van der Waals surface area contributed by atoms with E-state index < -0.39 is 49.5 Å². The molecule has 11 heteroatoms. The van der Waals surface area contributed by atoms with Crippen molar-refractivity contribution in [1.29, 1.82) is 0 Å². The number of hydrogen-bond donors (Lipinski definition) is 6. The van der Waals surface area contributed by atoms with Gasteiger partial charge in [-0.3, -0.25) is 9.59 Å². The number of aliphatic hydroxyl groups excluding tert-OH is 5. The van der Waals surface area contributed by atoms with Crippen LogP contribution in [0.15, 0.2) is 60.8 Å². The fraction of sp³-hybridized carbons (Fsp3) is 0.789. The van der Waals surface area contributed by atoms with Crippen LogP contribution in [0.25, 0.3) is 0 Å². The molecule has 1 aliphatic heterocycles. The van der Waals surface area contributed by atoms with Crippen molar-refractivity contribution in [3.63, 3.8) is 0 Å². The number of nitrogens with one attached hydrogen (secondary N) is 1. The predicted molar refractivity (Wildman–Crippen MR) is 278 cm³/mol. The van der Waals surface area contributed by atoms with Crippen molar-refractivity contribution in [1.82, 2.24) is 5.32 Å². The van der Waals surface area contributed by atoms with E-state index >= 15 is 0 Å². The van der Waals surface area contributed by atoms with Gasteiger partial charge in [0.2, 0.25) is 5.91 Å². The maximum absolute atomic E-state index is 13.0. The number of aliphatic hydroxyl groups is 5. The van der Waals surface area contributed by atoms with Gasteiger partial charge in [-0.25, -0.2) is 0 Å². The molecule has 11 nitrogen and oxygen atoms in total. The summed E-state index contributed by atoms with van der Waals surface area (Å²) in [6.45, 7) is 4.13. The van der Waals surface area contributed by atoms with Gasteiger partial charge in [0.25, 0.3) is 0 Å². The first-order chi connectivity index (χ1) is 33.2. The van der Waals surface area contributed by atoms with Crippen molar-refractivity contribution in [3.05, 3.63) is 60.8 Å². The molecule has 6 N–H and O–H groups in total. The molecule has 0 radical (unpaired) electrons. The summed E-state index contributed by atoms with van der Waals surface area (Å²) in [5.74, 6) is -0.241. The standard InChI is InChI=1S/C57H101NO10/c1-3-5-7-9-11-13-24-29-33-37-41-45-53(62)66-46-42-38-34-30-26-23-21-19-17-15-16-18-20-22-25-28-32-36-40-44-52(61)58-49(48-67-57-56(65)55(64)54(63)51(47-59)68-57)50(60)43-39-35-31-27-14-12-10-8-6-4-2/h6,8,14,19,21,23,26-27,39,43,49-51,54-57,59-60,63-65H,3-5,7,9-13,15-18,20,22,24-25,28-38,40-42,44-48H2,1-2H3,(H,58,61)/b8-6+,21-19-,26-23-,27-14+,43-39+. The van der Waals surface area contributed by atoms with Crippen molar-refractivity contribution >= 4 is 11.9 Å². The number of carbonyl (C=O) groups excluding carboxylic acids is 2. The van der Waals surface area contributed by atoms with Gasteiger partial charge in [0.1, 0.15) is 24.4 Å². The lowest BCUT2D eigenvalue weighted by molar-refractivity contribution is -0.302. The molecule has 1 aliphatic rings. The highest BCUT2D eigenvalue weighted by molar-refractivity contribution is 5.76. The zero-order chi connectivity index (χ0) is 49.6. The van der Waals surface area contributed by atoms with Gasteiger partial charge in [0, 0.05) is 12.8 Å². The normalized spacial score (nSPS) is 19.9. The zero-order valence-electron chi connectivity index (χ0n) is 43.0. The first kappa shape index (κ1) is 63.4. The Morgan fingerprint density at radius 3 is 1.59 bits per heavy atom. The van der Waals surface area contributed by atoms with Crippen LogP contribution in [0.4, 0.5) is 0 Å².